The van der Waals surface area contributed by atoms with Crippen LogP contribution in [0.5, 0.6) is 11.5 Å². The molecule has 0 aliphatic heterocycles. The summed E-state index contributed by atoms with van der Waals surface area (Å²) in [7, 11) is 3.20. The maximum Gasteiger partial charge on any atom is 0.273 e. The highest BCUT2D eigenvalue weighted by Crippen LogP contribution is 2.26. The third-order valence-corrected chi connectivity index (χ3v) is 4.05. The largest absolute Gasteiger partial charge is 0.504 e. The molecule has 0 saturated heterocycles. The third kappa shape index (κ3) is 4.82. The van der Waals surface area contributed by atoms with Crippen LogP contribution in [0.25, 0.3) is 0 Å². The lowest BCUT2D eigenvalue weighted by Gasteiger charge is -2.16. The maximum absolute atomic E-state index is 12.3. The van der Waals surface area contributed by atoms with Crippen LogP contribution in [0.3, 0.4) is 0 Å². The summed E-state index contributed by atoms with van der Waals surface area (Å²) >= 11 is 1.44. The van der Waals surface area contributed by atoms with E-state index in [1.165, 1.54) is 18.4 Å². The second kappa shape index (κ2) is 8.71. The van der Waals surface area contributed by atoms with Gasteiger partial charge in [-0.05, 0) is 24.2 Å². The van der Waals surface area contributed by atoms with E-state index in [9.17, 15) is 9.90 Å². The van der Waals surface area contributed by atoms with Gasteiger partial charge in [0.1, 0.15) is 5.69 Å². The van der Waals surface area contributed by atoms with Crippen LogP contribution in [0.4, 0.5) is 0 Å². The van der Waals surface area contributed by atoms with Crippen LogP contribution in [-0.4, -0.2) is 41.6 Å². The van der Waals surface area contributed by atoms with Crippen LogP contribution >= 0.6 is 23.7 Å². The van der Waals surface area contributed by atoms with Crippen molar-refractivity contribution in [3.8, 4) is 11.5 Å². The zero-order valence-corrected chi connectivity index (χ0v) is 14.6. The molecule has 0 atom stereocenters. The SMILES string of the molecule is COc1cc(CN(C)C(=O)c2csc(CCN)n2)ccc1O.Cl. The number of methoxy groups -OCH3 is 1. The predicted octanol–water partition coefficient (Wildman–Crippen LogP) is 2.05. The molecule has 2 rings (SSSR count). The Morgan fingerprint density at radius 3 is 2.87 bits per heavy atom. The highest BCUT2D eigenvalue weighted by Gasteiger charge is 2.16. The molecule has 1 aromatic carbocycles. The number of rotatable bonds is 6. The molecule has 6 nitrogen and oxygen atoms in total. The van der Waals surface area contributed by atoms with Crippen molar-refractivity contribution >= 4 is 29.7 Å². The average molecular weight is 358 g/mol. The smallest absolute Gasteiger partial charge is 0.273 e. The number of benzene rings is 1. The summed E-state index contributed by atoms with van der Waals surface area (Å²) in [6.45, 7) is 0.920. The van der Waals surface area contributed by atoms with Crippen LogP contribution < -0.4 is 10.5 Å². The molecule has 0 aliphatic rings. The Morgan fingerprint density at radius 2 is 2.22 bits per heavy atom. The van der Waals surface area contributed by atoms with E-state index < -0.39 is 0 Å². The molecular formula is C15H20ClN3O3S. The maximum atomic E-state index is 12.3. The second-order valence-corrected chi connectivity index (χ2v) is 5.78. The highest BCUT2D eigenvalue weighted by molar-refractivity contribution is 7.09. The van der Waals surface area contributed by atoms with E-state index in [1.54, 1.807) is 35.5 Å². The molecule has 0 spiro atoms. The van der Waals surface area contributed by atoms with E-state index in [-0.39, 0.29) is 24.1 Å². The molecule has 3 N–H and O–H groups in total. The number of carbonyl (C=O) groups is 1. The van der Waals surface area contributed by atoms with Gasteiger partial charge in [-0.3, -0.25) is 4.79 Å². The van der Waals surface area contributed by atoms with E-state index in [1.807, 2.05) is 0 Å². The number of hydrogen-bond donors (Lipinski definition) is 2. The number of amides is 1. The van der Waals surface area contributed by atoms with E-state index in [0.29, 0.717) is 31.0 Å². The molecule has 2 aromatic rings. The fourth-order valence-electron chi connectivity index (χ4n) is 2.01. The summed E-state index contributed by atoms with van der Waals surface area (Å²) in [6, 6.07) is 5.01. The lowest BCUT2D eigenvalue weighted by molar-refractivity contribution is 0.0780. The molecule has 1 heterocycles. The summed E-state index contributed by atoms with van der Waals surface area (Å²) in [5.41, 5.74) is 6.78. The van der Waals surface area contributed by atoms with Crippen molar-refractivity contribution in [3.05, 3.63) is 39.8 Å². The number of aromatic hydroxyl groups is 1. The Morgan fingerprint density at radius 1 is 1.48 bits per heavy atom. The number of hydrogen-bond acceptors (Lipinski definition) is 6. The summed E-state index contributed by atoms with van der Waals surface area (Å²) < 4.78 is 5.07. The number of phenols is 1. The van der Waals surface area contributed by atoms with E-state index >= 15 is 0 Å². The first-order chi connectivity index (χ1) is 10.5. The molecule has 0 bridgehead atoms. The molecular weight excluding hydrogens is 338 g/mol. The van der Waals surface area contributed by atoms with Gasteiger partial charge in [-0.25, -0.2) is 4.98 Å². The number of nitrogens with zero attached hydrogens (tertiary/aromatic N) is 2. The molecule has 0 radical (unpaired) electrons. The van der Waals surface area contributed by atoms with Gasteiger partial charge in [0.15, 0.2) is 11.5 Å². The highest BCUT2D eigenvalue weighted by atomic mass is 35.5. The zero-order chi connectivity index (χ0) is 16.1. The normalized spacial score (nSPS) is 10.0. The number of phenolic OH excluding ortho intramolecular Hbond substituents is 1. The Bertz CT molecular complexity index is 663. The Hall–Kier alpha value is -1.83. The molecule has 0 fully saturated rings. The van der Waals surface area contributed by atoms with Crippen LogP contribution in [0.2, 0.25) is 0 Å². The molecule has 0 saturated carbocycles. The lowest BCUT2D eigenvalue weighted by Crippen LogP contribution is -2.26. The number of thiazole rings is 1. The van der Waals surface area contributed by atoms with E-state index in [0.717, 1.165) is 10.6 Å². The molecule has 8 heteroatoms. The number of nitrogens with two attached hydrogens (primary N) is 1. The van der Waals surface area contributed by atoms with Crippen molar-refractivity contribution in [1.29, 1.82) is 0 Å². The minimum absolute atomic E-state index is 0. The first kappa shape index (κ1) is 19.2. The fourth-order valence-corrected chi connectivity index (χ4v) is 2.80. The van der Waals surface area contributed by atoms with Gasteiger partial charge in [0.05, 0.1) is 12.1 Å². The molecule has 1 amide bonds. The number of aromatic nitrogens is 1. The topological polar surface area (TPSA) is 88.7 Å². The van der Waals surface area contributed by atoms with Crippen molar-refractivity contribution in [2.75, 3.05) is 20.7 Å². The van der Waals surface area contributed by atoms with Crippen LogP contribution in [0, 0.1) is 0 Å². The van der Waals surface area contributed by atoms with E-state index in [4.69, 9.17) is 10.5 Å². The molecule has 0 aliphatic carbocycles. The summed E-state index contributed by atoms with van der Waals surface area (Å²) in [5.74, 6) is 0.315. The van der Waals surface area contributed by atoms with Gasteiger partial charge in [0.25, 0.3) is 5.91 Å². The Kier molecular flexibility index (Phi) is 7.28. The van der Waals surface area contributed by atoms with Gasteiger partial charge in [-0.1, -0.05) is 6.07 Å². The number of carbonyl (C=O) groups excluding carboxylic acids is 1. The summed E-state index contributed by atoms with van der Waals surface area (Å²) in [5, 5.41) is 12.2. The lowest BCUT2D eigenvalue weighted by atomic mass is 10.2. The van der Waals surface area contributed by atoms with Crippen LogP contribution in [0.1, 0.15) is 21.1 Å². The minimum atomic E-state index is -0.147. The van der Waals surface area contributed by atoms with Gasteiger partial charge in [-0.15, -0.1) is 23.7 Å². The molecule has 0 unspecified atom stereocenters. The van der Waals surface area contributed by atoms with Crippen molar-refractivity contribution in [3.63, 3.8) is 0 Å². The van der Waals surface area contributed by atoms with Gasteiger partial charge < -0.3 is 20.5 Å². The van der Waals surface area contributed by atoms with Gasteiger partial charge in [-0.2, -0.15) is 0 Å². The first-order valence-electron chi connectivity index (χ1n) is 6.81. The first-order valence-corrected chi connectivity index (χ1v) is 7.69. The molecule has 1 aromatic heterocycles. The van der Waals surface area contributed by atoms with Crippen LogP contribution in [0.15, 0.2) is 23.6 Å². The number of halogens is 1. The third-order valence-electron chi connectivity index (χ3n) is 3.14. The zero-order valence-electron chi connectivity index (χ0n) is 13.0. The van der Waals surface area contributed by atoms with E-state index in [2.05, 4.69) is 4.98 Å². The summed E-state index contributed by atoms with van der Waals surface area (Å²) in [6.07, 6.45) is 0.677. The average Bonchev–Trinajstić information content (AvgIpc) is 2.97. The standard InChI is InChI=1S/C15H19N3O3S.ClH/c1-18(8-10-3-4-12(19)13(7-10)21-2)15(20)11-9-22-14(17-11)5-6-16;/h3-4,7,9,19H,5-6,8,16H2,1-2H3;1H. The summed E-state index contributed by atoms with van der Waals surface area (Å²) in [4.78, 5) is 18.2. The van der Waals surface area contributed by atoms with Gasteiger partial charge in [0.2, 0.25) is 0 Å². The van der Waals surface area contributed by atoms with Crippen molar-refractivity contribution in [2.24, 2.45) is 5.73 Å². The Labute approximate surface area is 145 Å². The molecule has 23 heavy (non-hydrogen) atoms. The van der Waals surface area contributed by atoms with Crippen molar-refractivity contribution < 1.29 is 14.6 Å². The van der Waals surface area contributed by atoms with Gasteiger partial charge >= 0.3 is 0 Å². The predicted molar refractivity (Wildman–Crippen MR) is 92.6 cm³/mol. The van der Waals surface area contributed by atoms with Gasteiger partial charge in [0, 0.05) is 25.4 Å². The minimum Gasteiger partial charge on any atom is -0.504 e. The fraction of sp³-hybridized carbons (Fsp3) is 0.333. The quantitative estimate of drug-likeness (QED) is 0.826. The van der Waals surface area contributed by atoms with Crippen molar-refractivity contribution in [2.45, 2.75) is 13.0 Å². The van der Waals surface area contributed by atoms with Crippen LogP contribution in [-0.2, 0) is 13.0 Å². The Balaban J connectivity index is 0.00000264. The number of ether oxygens (including phenoxy) is 1. The second-order valence-electron chi connectivity index (χ2n) is 4.83. The monoisotopic (exact) mass is 357 g/mol. The molecule has 126 valence electrons. The van der Waals surface area contributed by atoms with Crippen molar-refractivity contribution in [1.82, 2.24) is 9.88 Å².